The van der Waals surface area contributed by atoms with Crippen LogP contribution in [-0.2, 0) is 17.9 Å². The van der Waals surface area contributed by atoms with Crippen LogP contribution in [0.1, 0.15) is 5.76 Å². The molecule has 0 spiro atoms. The highest BCUT2D eigenvalue weighted by Gasteiger charge is 2.21. The van der Waals surface area contributed by atoms with E-state index < -0.39 is 0 Å². The molecule has 7 heteroatoms. The van der Waals surface area contributed by atoms with Crippen molar-refractivity contribution >= 4 is 21.8 Å². The molecule has 1 amide bonds. The largest absolute Gasteiger partial charge is 0.468 e. The Labute approximate surface area is 131 Å². The van der Waals surface area contributed by atoms with Gasteiger partial charge in [0.1, 0.15) is 12.3 Å². The average molecular weight is 353 g/mol. The molecule has 0 aliphatic carbocycles. The van der Waals surface area contributed by atoms with E-state index in [1.807, 2.05) is 23.2 Å². The number of hydrogen-bond acceptors (Lipinski definition) is 4. The van der Waals surface area contributed by atoms with Crippen LogP contribution in [0.3, 0.4) is 0 Å². The van der Waals surface area contributed by atoms with Crippen LogP contribution in [0.5, 0.6) is 0 Å². The van der Waals surface area contributed by atoms with Crippen LogP contribution in [0.2, 0.25) is 0 Å². The van der Waals surface area contributed by atoms with Gasteiger partial charge in [-0.05, 0) is 28.1 Å². The van der Waals surface area contributed by atoms with Crippen molar-refractivity contribution < 1.29 is 9.21 Å². The fourth-order valence-electron chi connectivity index (χ4n) is 2.44. The molecule has 0 saturated carbocycles. The van der Waals surface area contributed by atoms with Gasteiger partial charge in [0.05, 0.1) is 23.5 Å². The lowest BCUT2D eigenvalue weighted by molar-refractivity contribution is -0.133. The number of halogens is 1. The lowest BCUT2D eigenvalue weighted by Crippen LogP contribution is -2.49. The van der Waals surface area contributed by atoms with Gasteiger partial charge in [0, 0.05) is 32.4 Å². The molecule has 1 aliphatic rings. The Morgan fingerprint density at radius 3 is 2.76 bits per heavy atom. The Balaban J connectivity index is 1.47. The van der Waals surface area contributed by atoms with Crippen molar-refractivity contribution in [2.45, 2.75) is 13.1 Å². The summed E-state index contributed by atoms with van der Waals surface area (Å²) in [5, 5.41) is 4.11. The maximum Gasteiger partial charge on any atom is 0.244 e. The molecule has 3 heterocycles. The summed E-state index contributed by atoms with van der Waals surface area (Å²) in [5.41, 5.74) is 0. The van der Waals surface area contributed by atoms with E-state index in [9.17, 15) is 4.79 Å². The first kappa shape index (κ1) is 14.3. The highest BCUT2D eigenvalue weighted by atomic mass is 79.9. The third-order valence-electron chi connectivity index (χ3n) is 3.58. The molecule has 0 radical (unpaired) electrons. The third-order valence-corrected chi connectivity index (χ3v) is 3.99. The second-order valence-corrected chi connectivity index (χ2v) is 6.01. The molecule has 6 nitrogen and oxygen atoms in total. The van der Waals surface area contributed by atoms with Crippen LogP contribution in [0.25, 0.3) is 0 Å². The number of carbonyl (C=O) groups excluding carboxylic acids is 1. The minimum absolute atomic E-state index is 0.114. The maximum atomic E-state index is 12.2. The maximum absolute atomic E-state index is 12.2. The van der Waals surface area contributed by atoms with E-state index in [1.54, 1.807) is 17.1 Å². The first-order chi connectivity index (χ1) is 10.2. The number of furan rings is 1. The van der Waals surface area contributed by atoms with E-state index in [0.717, 1.165) is 43.0 Å². The van der Waals surface area contributed by atoms with Crippen LogP contribution in [0.15, 0.2) is 39.7 Å². The molecular weight excluding hydrogens is 336 g/mol. The van der Waals surface area contributed by atoms with Gasteiger partial charge in [0.25, 0.3) is 0 Å². The van der Waals surface area contributed by atoms with Gasteiger partial charge < -0.3 is 9.32 Å². The number of nitrogens with zero attached hydrogens (tertiary/aromatic N) is 4. The van der Waals surface area contributed by atoms with Crippen LogP contribution < -0.4 is 0 Å². The highest BCUT2D eigenvalue weighted by molar-refractivity contribution is 9.10. The Morgan fingerprint density at radius 2 is 2.14 bits per heavy atom. The molecule has 0 unspecified atom stereocenters. The topological polar surface area (TPSA) is 54.5 Å². The molecule has 2 aromatic heterocycles. The van der Waals surface area contributed by atoms with Gasteiger partial charge in [-0.25, -0.2) is 0 Å². The Morgan fingerprint density at radius 1 is 1.33 bits per heavy atom. The van der Waals surface area contributed by atoms with Gasteiger partial charge in [-0.2, -0.15) is 5.10 Å². The summed E-state index contributed by atoms with van der Waals surface area (Å²) in [4.78, 5) is 16.4. The molecule has 0 bridgehead atoms. The van der Waals surface area contributed by atoms with Crippen molar-refractivity contribution in [1.82, 2.24) is 19.6 Å². The van der Waals surface area contributed by atoms with Crippen LogP contribution >= 0.6 is 15.9 Å². The van der Waals surface area contributed by atoms with E-state index in [4.69, 9.17) is 4.42 Å². The van der Waals surface area contributed by atoms with E-state index in [0.29, 0.717) is 6.54 Å². The summed E-state index contributed by atoms with van der Waals surface area (Å²) in [5.74, 6) is 1.08. The zero-order chi connectivity index (χ0) is 14.7. The summed E-state index contributed by atoms with van der Waals surface area (Å²) in [6, 6.07) is 3.88. The second kappa shape index (κ2) is 6.44. The van der Waals surface area contributed by atoms with Crippen molar-refractivity contribution in [3.63, 3.8) is 0 Å². The molecule has 3 rings (SSSR count). The lowest BCUT2D eigenvalue weighted by Gasteiger charge is -2.34. The monoisotopic (exact) mass is 352 g/mol. The fraction of sp³-hybridized carbons (Fsp3) is 0.429. The number of carbonyl (C=O) groups is 1. The van der Waals surface area contributed by atoms with E-state index in [-0.39, 0.29) is 5.91 Å². The Kier molecular flexibility index (Phi) is 4.40. The molecule has 112 valence electrons. The number of amides is 1. The quantitative estimate of drug-likeness (QED) is 0.838. The van der Waals surface area contributed by atoms with Crippen molar-refractivity contribution in [3.05, 3.63) is 41.0 Å². The van der Waals surface area contributed by atoms with Crippen molar-refractivity contribution in [1.29, 1.82) is 0 Å². The number of hydrogen-bond donors (Lipinski definition) is 0. The number of piperazine rings is 1. The molecule has 0 N–H and O–H groups in total. The molecule has 0 atom stereocenters. The SMILES string of the molecule is O=C(Cn1cc(Br)cn1)N1CCN(Cc2ccco2)CC1. The molecule has 2 aromatic rings. The predicted octanol–water partition coefficient (Wildman–Crippen LogP) is 1.58. The normalized spacial score (nSPS) is 16.3. The molecule has 1 aliphatic heterocycles. The minimum atomic E-state index is 0.114. The number of aromatic nitrogens is 2. The fourth-order valence-corrected chi connectivity index (χ4v) is 2.77. The first-order valence-electron chi connectivity index (χ1n) is 6.91. The summed E-state index contributed by atoms with van der Waals surface area (Å²) < 4.78 is 7.90. The standard InChI is InChI=1S/C14H17BrN4O2/c15-12-8-16-19(9-12)11-14(20)18-5-3-17(4-6-18)10-13-2-1-7-21-13/h1-2,7-9H,3-6,10-11H2. The van der Waals surface area contributed by atoms with Crippen LogP contribution in [0.4, 0.5) is 0 Å². The third kappa shape index (κ3) is 3.74. The second-order valence-electron chi connectivity index (χ2n) is 5.09. The van der Waals surface area contributed by atoms with E-state index in [1.165, 1.54) is 0 Å². The lowest BCUT2D eigenvalue weighted by atomic mass is 10.3. The van der Waals surface area contributed by atoms with Gasteiger partial charge in [0.2, 0.25) is 5.91 Å². The van der Waals surface area contributed by atoms with Gasteiger partial charge in [-0.3, -0.25) is 14.4 Å². The van der Waals surface area contributed by atoms with Gasteiger partial charge >= 0.3 is 0 Å². The van der Waals surface area contributed by atoms with Crippen LogP contribution in [0, 0.1) is 0 Å². The van der Waals surface area contributed by atoms with Gasteiger partial charge in [-0.1, -0.05) is 0 Å². The minimum Gasteiger partial charge on any atom is -0.468 e. The molecule has 21 heavy (non-hydrogen) atoms. The summed E-state index contributed by atoms with van der Waals surface area (Å²) in [6.45, 7) is 4.35. The smallest absolute Gasteiger partial charge is 0.244 e. The first-order valence-corrected chi connectivity index (χ1v) is 7.70. The summed E-state index contributed by atoms with van der Waals surface area (Å²) in [7, 11) is 0. The average Bonchev–Trinajstić information content (AvgIpc) is 3.12. The molecule has 0 aromatic carbocycles. The van der Waals surface area contributed by atoms with Gasteiger partial charge in [-0.15, -0.1) is 0 Å². The summed E-state index contributed by atoms with van der Waals surface area (Å²) >= 11 is 3.33. The Hall–Kier alpha value is -1.60. The van der Waals surface area contributed by atoms with Crippen molar-refractivity contribution in [2.24, 2.45) is 0 Å². The van der Waals surface area contributed by atoms with E-state index >= 15 is 0 Å². The molecular formula is C14H17BrN4O2. The zero-order valence-corrected chi connectivity index (χ0v) is 13.2. The highest BCUT2D eigenvalue weighted by Crippen LogP contribution is 2.10. The van der Waals surface area contributed by atoms with Crippen LogP contribution in [-0.4, -0.2) is 51.7 Å². The van der Waals surface area contributed by atoms with E-state index in [2.05, 4.69) is 25.9 Å². The van der Waals surface area contributed by atoms with Gasteiger partial charge in [0.15, 0.2) is 0 Å². The molecule has 1 fully saturated rings. The van der Waals surface area contributed by atoms with Crippen molar-refractivity contribution in [3.8, 4) is 0 Å². The predicted molar refractivity (Wildman–Crippen MR) is 80.5 cm³/mol. The zero-order valence-electron chi connectivity index (χ0n) is 11.6. The van der Waals surface area contributed by atoms with Crippen molar-refractivity contribution in [2.75, 3.05) is 26.2 Å². The number of rotatable bonds is 4. The Bertz CT molecular complexity index is 588. The summed E-state index contributed by atoms with van der Waals surface area (Å²) in [6.07, 6.45) is 5.19. The molecule has 1 saturated heterocycles.